The van der Waals surface area contributed by atoms with Gasteiger partial charge in [0.25, 0.3) is 5.91 Å². The lowest BCUT2D eigenvalue weighted by atomic mass is 10.1. The highest BCUT2D eigenvalue weighted by Crippen LogP contribution is 2.12. The van der Waals surface area contributed by atoms with Gasteiger partial charge in [0.1, 0.15) is 0 Å². The Kier molecular flexibility index (Phi) is 8.38. The van der Waals surface area contributed by atoms with Gasteiger partial charge in [0.2, 0.25) is 0 Å². The third-order valence-corrected chi connectivity index (χ3v) is 4.89. The first-order valence-electron chi connectivity index (χ1n) is 10.4. The zero-order valence-electron chi connectivity index (χ0n) is 17.7. The van der Waals surface area contributed by atoms with Gasteiger partial charge < -0.3 is 10.1 Å². The second kappa shape index (κ2) is 11.7. The summed E-state index contributed by atoms with van der Waals surface area (Å²) in [6.07, 6.45) is 0. The Labute approximate surface area is 183 Å². The lowest BCUT2D eigenvalue weighted by Crippen LogP contribution is -2.34. The molecule has 160 valence electrons. The average Bonchev–Trinajstić information content (AvgIpc) is 2.79. The van der Waals surface area contributed by atoms with Crippen LogP contribution < -0.4 is 5.32 Å². The van der Waals surface area contributed by atoms with Crippen LogP contribution >= 0.6 is 0 Å². The molecule has 31 heavy (non-hydrogen) atoms. The Balaban J connectivity index is 1.52. The van der Waals surface area contributed by atoms with Gasteiger partial charge in [-0.05, 0) is 23.6 Å². The van der Waals surface area contributed by atoms with E-state index in [9.17, 15) is 9.59 Å². The van der Waals surface area contributed by atoms with Gasteiger partial charge in [0.15, 0.2) is 6.61 Å². The summed E-state index contributed by atoms with van der Waals surface area (Å²) in [6.45, 7) is 2.94. The maximum absolute atomic E-state index is 12.5. The molecule has 0 saturated heterocycles. The van der Waals surface area contributed by atoms with E-state index in [4.69, 9.17) is 4.74 Å². The van der Waals surface area contributed by atoms with Crippen molar-refractivity contribution in [3.8, 4) is 0 Å². The third-order valence-electron chi connectivity index (χ3n) is 4.89. The van der Waals surface area contributed by atoms with E-state index < -0.39 is 5.97 Å². The van der Waals surface area contributed by atoms with Crippen molar-refractivity contribution in [3.63, 3.8) is 0 Å². The fourth-order valence-electron chi connectivity index (χ4n) is 3.33. The number of hydrogen-bond acceptors (Lipinski definition) is 4. The molecule has 3 aromatic rings. The zero-order valence-corrected chi connectivity index (χ0v) is 17.7. The van der Waals surface area contributed by atoms with Crippen LogP contribution in [0.15, 0.2) is 91.0 Å². The molecule has 0 fully saturated rings. The lowest BCUT2D eigenvalue weighted by molar-refractivity contribution is -0.150. The maximum atomic E-state index is 12.5. The Morgan fingerprint density at radius 2 is 1.29 bits per heavy atom. The molecule has 0 radical (unpaired) electrons. The molecule has 0 spiro atoms. The zero-order chi connectivity index (χ0) is 21.9. The van der Waals surface area contributed by atoms with E-state index in [0.717, 1.165) is 16.7 Å². The molecule has 0 saturated carbocycles. The van der Waals surface area contributed by atoms with Gasteiger partial charge in [-0.3, -0.25) is 14.5 Å². The molecule has 1 N–H and O–H groups in total. The molecule has 0 aliphatic rings. The van der Waals surface area contributed by atoms with Crippen molar-refractivity contribution >= 4 is 11.9 Å². The van der Waals surface area contributed by atoms with Crippen LogP contribution in [0, 0.1) is 0 Å². The minimum Gasteiger partial charge on any atom is -0.455 e. The van der Waals surface area contributed by atoms with Gasteiger partial charge in [-0.1, -0.05) is 91.0 Å². The van der Waals surface area contributed by atoms with Crippen LogP contribution in [-0.2, 0) is 27.4 Å². The summed E-state index contributed by atoms with van der Waals surface area (Å²) in [4.78, 5) is 26.7. The summed E-state index contributed by atoms with van der Waals surface area (Å²) in [5.41, 5.74) is 3.22. The van der Waals surface area contributed by atoms with Crippen molar-refractivity contribution in [2.24, 2.45) is 0 Å². The number of hydrogen-bond donors (Lipinski definition) is 1. The molecule has 0 aliphatic heterocycles. The van der Waals surface area contributed by atoms with E-state index in [1.54, 1.807) is 0 Å². The molecule has 0 unspecified atom stereocenters. The van der Waals surface area contributed by atoms with Crippen LogP contribution in [0.25, 0.3) is 0 Å². The van der Waals surface area contributed by atoms with Crippen LogP contribution in [0.2, 0.25) is 0 Å². The van der Waals surface area contributed by atoms with Crippen LogP contribution in [0.4, 0.5) is 0 Å². The highest BCUT2D eigenvalue weighted by atomic mass is 16.5. The molecule has 3 rings (SSSR count). The second-order valence-corrected chi connectivity index (χ2v) is 7.48. The van der Waals surface area contributed by atoms with Crippen LogP contribution in [0.5, 0.6) is 0 Å². The fourth-order valence-corrected chi connectivity index (χ4v) is 3.33. The van der Waals surface area contributed by atoms with Crippen molar-refractivity contribution in [2.45, 2.75) is 26.1 Å². The van der Waals surface area contributed by atoms with E-state index in [1.807, 2.05) is 103 Å². The first-order valence-corrected chi connectivity index (χ1v) is 10.4. The van der Waals surface area contributed by atoms with Gasteiger partial charge in [-0.25, -0.2) is 0 Å². The van der Waals surface area contributed by atoms with Crippen molar-refractivity contribution < 1.29 is 14.3 Å². The average molecular weight is 417 g/mol. The number of benzene rings is 3. The lowest BCUT2D eigenvalue weighted by Gasteiger charge is -2.22. The molecular formula is C26H28N2O3. The largest absolute Gasteiger partial charge is 0.455 e. The van der Waals surface area contributed by atoms with E-state index in [-0.39, 0.29) is 25.1 Å². The summed E-state index contributed by atoms with van der Waals surface area (Å²) < 4.78 is 5.25. The van der Waals surface area contributed by atoms with Crippen molar-refractivity contribution in [3.05, 3.63) is 108 Å². The number of amides is 1. The van der Waals surface area contributed by atoms with Gasteiger partial charge in [0.05, 0.1) is 12.6 Å². The summed E-state index contributed by atoms with van der Waals surface area (Å²) in [7, 11) is 0. The number of esters is 1. The Hall–Kier alpha value is -3.44. The van der Waals surface area contributed by atoms with Crippen LogP contribution in [0.3, 0.4) is 0 Å². The number of rotatable bonds is 10. The smallest absolute Gasteiger partial charge is 0.320 e. The first-order chi connectivity index (χ1) is 15.1. The molecule has 1 amide bonds. The topological polar surface area (TPSA) is 58.6 Å². The molecule has 0 aromatic heterocycles. The van der Waals surface area contributed by atoms with Crippen LogP contribution in [-0.4, -0.2) is 29.9 Å². The van der Waals surface area contributed by atoms with E-state index in [0.29, 0.717) is 13.1 Å². The second-order valence-electron chi connectivity index (χ2n) is 7.48. The molecular weight excluding hydrogens is 388 g/mol. The minimum absolute atomic E-state index is 0.102. The number of nitrogens with zero attached hydrogens (tertiary/aromatic N) is 1. The van der Waals surface area contributed by atoms with Crippen molar-refractivity contribution in [1.29, 1.82) is 0 Å². The maximum Gasteiger partial charge on any atom is 0.320 e. The number of carbonyl (C=O) groups is 2. The normalized spacial score (nSPS) is 11.7. The number of carbonyl (C=O) groups excluding carboxylic acids is 2. The summed E-state index contributed by atoms with van der Waals surface area (Å²) in [6, 6.07) is 29.5. The van der Waals surface area contributed by atoms with E-state index in [1.165, 1.54) is 0 Å². The van der Waals surface area contributed by atoms with E-state index in [2.05, 4.69) is 5.32 Å². The summed E-state index contributed by atoms with van der Waals surface area (Å²) in [5.74, 6) is -0.739. The molecule has 3 aromatic carbocycles. The Bertz CT molecular complexity index is 905. The van der Waals surface area contributed by atoms with Gasteiger partial charge in [-0.15, -0.1) is 0 Å². The predicted molar refractivity (Wildman–Crippen MR) is 121 cm³/mol. The van der Waals surface area contributed by atoms with E-state index >= 15 is 0 Å². The highest BCUT2D eigenvalue weighted by Gasteiger charge is 2.16. The number of nitrogens with one attached hydrogen (secondary N) is 1. The van der Waals surface area contributed by atoms with Crippen molar-refractivity contribution in [1.82, 2.24) is 10.2 Å². The Morgan fingerprint density at radius 1 is 0.806 bits per heavy atom. The van der Waals surface area contributed by atoms with Crippen LogP contribution in [0.1, 0.15) is 29.7 Å². The number of ether oxygens (including phenoxy) is 1. The molecule has 0 bridgehead atoms. The summed E-state index contributed by atoms with van der Waals surface area (Å²) >= 11 is 0. The predicted octanol–water partition coefficient (Wildman–Crippen LogP) is 4.11. The first kappa shape index (κ1) is 22.2. The third kappa shape index (κ3) is 7.72. The molecule has 5 nitrogen and oxygen atoms in total. The monoisotopic (exact) mass is 416 g/mol. The van der Waals surface area contributed by atoms with Gasteiger partial charge in [0, 0.05) is 13.1 Å². The SMILES string of the molecule is C[C@H](NC(=O)COC(=O)CN(Cc1ccccc1)Cc1ccccc1)c1ccccc1. The van der Waals surface area contributed by atoms with Gasteiger partial charge >= 0.3 is 5.97 Å². The van der Waals surface area contributed by atoms with Gasteiger partial charge in [-0.2, -0.15) is 0 Å². The minimum atomic E-state index is -0.422. The Morgan fingerprint density at radius 3 is 1.81 bits per heavy atom. The molecule has 0 aliphatic carbocycles. The molecule has 0 heterocycles. The summed E-state index contributed by atoms with van der Waals surface area (Å²) in [5, 5.41) is 2.85. The fraction of sp³-hybridized carbons (Fsp3) is 0.231. The highest BCUT2D eigenvalue weighted by molar-refractivity contribution is 5.81. The molecule has 5 heteroatoms. The molecule has 1 atom stereocenters. The quantitative estimate of drug-likeness (QED) is 0.506. The van der Waals surface area contributed by atoms with Crippen molar-refractivity contribution in [2.75, 3.05) is 13.2 Å². The standard InChI is InChI=1S/C26H28N2O3/c1-21(24-15-9-4-10-16-24)27-25(29)20-31-26(30)19-28(17-22-11-5-2-6-12-22)18-23-13-7-3-8-14-23/h2-16,21H,17-20H2,1H3,(H,27,29)/t21-/m0/s1.